The molecule has 5 heteroatoms. The molecule has 2 rings (SSSR count). The molecule has 0 bridgehead atoms. The Bertz CT molecular complexity index is 641. The normalized spacial score (nSPS) is 10.1. The first-order valence-corrected chi connectivity index (χ1v) is 7.69. The van der Waals surface area contributed by atoms with Gasteiger partial charge in [-0.2, -0.15) is 0 Å². The molecule has 4 nitrogen and oxygen atoms in total. The fourth-order valence-corrected chi connectivity index (χ4v) is 2.96. The zero-order valence-corrected chi connectivity index (χ0v) is 13.6. The van der Waals surface area contributed by atoms with Gasteiger partial charge in [0.1, 0.15) is 0 Å². The standard InChI is InChI=1S/C17H18O4S/c1-19-14-9-10-15(17(21-3)16(14)20-2)22-11-13(18)12-7-5-4-6-8-12/h4-10H,11H2,1-3H3. The molecule has 2 aromatic carbocycles. The van der Waals surface area contributed by atoms with Crippen LogP contribution in [0, 0.1) is 0 Å². The first-order chi connectivity index (χ1) is 10.7. The van der Waals surface area contributed by atoms with E-state index in [0.29, 0.717) is 28.6 Å². The molecule has 0 aliphatic carbocycles. The van der Waals surface area contributed by atoms with E-state index < -0.39 is 0 Å². The van der Waals surface area contributed by atoms with Crippen LogP contribution in [0.1, 0.15) is 10.4 Å². The van der Waals surface area contributed by atoms with E-state index >= 15 is 0 Å². The number of ketones is 1. The molecular formula is C17H18O4S. The number of carbonyl (C=O) groups excluding carboxylic acids is 1. The lowest BCUT2D eigenvalue weighted by molar-refractivity contribution is 0.102. The van der Waals surface area contributed by atoms with Crippen LogP contribution in [0.15, 0.2) is 47.4 Å². The average Bonchev–Trinajstić information content (AvgIpc) is 2.59. The van der Waals surface area contributed by atoms with Crippen molar-refractivity contribution in [2.45, 2.75) is 4.90 Å². The van der Waals surface area contributed by atoms with Crippen LogP contribution in [0.4, 0.5) is 0 Å². The smallest absolute Gasteiger partial charge is 0.204 e. The van der Waals surface area contributed by atoms with Crippen molar-refractivity contribution in [2.75, 3.05) is 27.1 Å². The van der Waals surface area contributed by atoms with Crippen molar-refractivity contribution in [2.24, 2.45) is 0 Å². The van der Waals surface area contributed by atoms with Gasteiger partial charge >= 0.3 is 0 Å². The maximum Gasteiger partial charge on any atom is 0.204 e. The Morgan fingerprint density at radius 2 is 1.59 bits per heavy atom. The minimum atomic E-state index is 0.0717. The average molecular weight is 318 g/mol. The molecule has 0 spiro atoms. The van der Waals surface area contributed by atoms with Crippen molar-refractivity contribution in [1.82, 2.24) is 0 Å². The van der Waals surface area contributed by atoms with E-state index in [1.807, 2.05) is 36.4 Å². The molecule has 0 aliphatic heterocycles. The number of hydrogen-bond acceptors (Lipinski definition) is 5. The monoisotopic (exact) mass is 318 g/mol. The maximum absolute atomic E-state index is 12.2. The third-order valence-corrected chi connectivity index (χ3v) is 4.16. The van der Waals surface area contributed by atoms with Gasteiger partial charge in [0.2, 0.25) is 5.75 Å². The van der Waals surface area contributed by atoms with Crippen molar-refractivity contribution in [3.05, 3.63) is 48.0 Å². The summed E-state index contributed by atoms with van der Waals surface area (Å²) in [4.78, 5) is 13.0. The predicted molar refractivity (Wildman–Crippen MR) is 87.6 cm³/mol. The van der Waals surface area contributed by atoms with Crippen LogP contribution in [-0.2, 0) is 0 Å². The van der Waals surface area contributed by atoms with Gasteiger partial charge in [0.25, 0.3) is 0 Å². The van der Waals surface area contributed by atoms with Gasteiger partial charge in [-0.3, -0.25) is 4.79 Å². The molecule has 0 saturated carbocycles. The van der Waals surface area contributed by atoms with Crippen molar-refractivity contribution in [3.63, 3.8) is 0 Å². The van der Waals surface area contributed by atoms with Crippen molar-refractivity contribution in [3.8, 4) is 17.2 Å². The Labute approximate surface area is 134 Å². The Hall–Kier alpha value is -2.14. The van der Waals surface area contributed by atoms with E-state index in [1.165, 1.54) is 11.8 Å². The Balaban J connectivity index is 2.18. The van der Waals surface area contributed by atoms with Gasteiger partial charge in [-0.15, -0.1) is 11.8 Å². The Morgan fingerprint density at radius 1 is 0.909 bits per heavy atom. The molecule has 0 aromatic heterocycles. The molecule has 2 aromatic rings. The number of Topliss-reactive ketones (excluding diaryl/α,β-unsaturated/α-hetero) is 1. The number of ether oxygens (including phenoxy) is 3. The topological polar surface area (TPSA) is 44.8 Å². The molecule has 0 radical (unpaired) electrons. The Kier molecular flexibility index (Phi) is 5.72. The maximum atomic E-state index is 12.2. The number of benzene rings is 2. The van der Waals surface area contributed by atoms with Crippen LogP contribution < -0.4 is 14.2 Å². The van der Waals surface area contributed by atoms with Gasteiger partial charge in [-0.05, 0) is 12.1 Å². The second-order valence-electron chi connectivity index (χ2n) is 4.41. The van der Waals surface area contributed by atoms with Gasteiger partial charge in [-0.1, -0.05) is 30.3 Å². The Morgan fingerprint density at radius 3 is 2.18 bits per heavy atom. The van der Waals surface area contributed by atoms with Crippen LogP contribution in [0.3, 0.4) is 0 Å². The number of methoxy groups -OCH3 is 3. The fourth-order valence-electron chi connectivity index (χ4n) is 2.04. The minimum Gasteiger partial charge on any atom is -0.493 e. The van der Waals surface area contributed by atoms with Gasteiger partial charge in [0.05, 0.1) is 32.0 Å². The largest absolute Gasteiger partial charge is 0.493 e. The number of rotatable bonds is 7. The highest BCUT2D eigenvalue weighted by Gasteiger charge is 2.17. The molecule has 22 heavy (non-hydrogen) atoms. The number of hydrogen-bond donors (Lipinski definition) is 0. The van der Waals surface area contributed by atoms with Crippen molar-refractivity contribution >= 4 is 17.5 Å². The molecular weight excluding hydrogens is 300 g/mol. The lowest BCUT2D eigenvalue weighted by atomic mass is 10.2. The third kappa shape index (κ3) is 3.54. The second-order valence-corrected chi connectivity index (χ2v) is 5.43. The lowest BCUT2D eigenvalue weighted by Gasteiger charge is -2.15. The third-order valence-electron chi connectivity index (χ3n) is 3.12. The quantitative estimate of drug-likeness (QED) is 0.575. The molecule has 0 unspecified atom stereocenters. The highest BCUT2D eigenvalue weighted by atomic mass is 32.2. The number of carbonyl (C=O) groups is 1. The van der Waals surface area contributed by atoms with Crippen molar-refractivity contribution < 1.29 is 19.0 Å². The molecule has 0 atom stereocenters. The summed E-state index contributed by atoms with van der Waals surface area (Å²) >= 11 is 1.41. The van der Waals surface area contributed by atoms with Gasteiger partial charge in [0.15, 0.2) is 17.3 Å². The number of thioether (sulfide) groups is 1. The first kappa shape index (κ1) is 16.2. The zero-order valence-electron chi connectivity index (χ0n) is 12.8. The summed E-state index contributed by atoms with van der Waals surface area (Å²) in [7, 11) is 4.70. The summed E-state index contributed by atoms with van der Waals surface area (Å²) in [5, 5.41) is 0. The van der Waals surface area contributed by atoms with Gasteiger partial charge in [-0.25, -0.2) is 0 Å². The van der Waals surface area contributed by atoms with E-state index in [9.17, 15) is 4.79 Å². The molecule has 0 N–H and O–H groups in total. The van der Waals surface area contributed by atoms with E-state index in [1.54, 1.807) is 27.4 Å². The summed E-state index contributed by atoms with van der Waals surface area (Å²) < 4.78 is 16.0. The summed E-state index contributed by atoms with van der Waals surface area (Å²) in [6.07, 6.45) is 0. The molecule has 0 aliphatic rings. The van der Waals surface area contributed by atoms with Crippen LogP contribution >= 0.6 is 11.8 Å². The highest BCUT2D eigenvalue weighted by Crippen LogP contribution is 2.43. The first-order valence-electron chi connectivity index (χ1n) is 6.71. The van der Waals surface area contributed by atoms with Crippen LogP contribution in [-0.4, -0.2) is 32.9 Å². The summed E-state index contributed by atoms with van der Waals surface area (Å²) in [5.41, 5.74) is 0.703. The lowest BCUT2D eigenvalue weighted by Crippen LogP contribution is -2.02. The molecule has 116 valence electrons. The summed E-state index contributed by atoms with van der Waals surface area (Å²) in [6.45, 7) is 0. The minimum absolute atomic E-state index is 0.0717. The van der Waals surface area contributed by atoms with Crippen molar-refractivity contribution in [1.29, 1.82) is 0 Å². The second kappa shape index (κ2) is 7.75. The zero-order chi connectivity index (χ0) is 15.9. The van der Waals surface area contributed by atoms with Gasteiger partial charge in [0, 0.05) is 5.56 Å². The van der Waals surface area contributed by atoms with Gasteiger partial charge < -0.3 is 14.2 Å². The molecule has 0 fully saturated rings. The molecule has 0 saturated heterocycles. The van der Waals surface area contributed by atoms with E-state index in [2.05, 4.69) is 0 Å². The van der Waals surface area contributed by atoms with Crippen LogP contribution in [0.5, 0.6) is 17.2 Å². The van der Waals surface area contributed by atoms with E-state index in [4.69, 9.17) is 14.2 Å². The summed E-state index contributed by atoms with van der Waals surface area (Å²) in [5.74, 6) is 2.10. The van der Waals surface area contributed by atoms with Crippen LogP contribution in [0.25, 0.3) is 0 Å². The SMILES string of the molecule is COc1ccc(SCC(=O)c2ccccc2)c(OC)c1OC. The highest BCUT2D eigenvalue weighted by molar-refractivity contribution is 8.00. The fraction of sp³-hybridized carbons (Fsp3) is 0.235. The van der Waals surface area contributed by atoms with E-state index in [0.717, 1.165) is 4.90 Å². The molecule has 0 amide bonds. The summed E-state index contributed by atoms with van der Waals surface area (Å²) in [6, 6.07) is 12.9. The van der Waals surface area contributed by atoms with E-state index in [-0.39, 0.29) is 5.78 Å². The van der Waals surface area contributed by atoms with Crippen LogP contribution in [0.2, 0.25) is 0 Å². The predicted octanol–water partition coefficient (Wildman–Crippen LogP) is 3.69. The molecule has 0 heterocycles.